The highest BCUT2D eigenvalue weighted by Gasteiger charge is 2.51. The number of anilines is 2. The van der Waals surface area contributed by atoms with E-state index in [1.807, 2.05) is 0 Å². The molecule has 0 spiro atoms. The Morgan fingerprint density at radius 1 is 1.11 bits per heavy atom. The molecule has 1 fully saturated rings. The first-order valence-electron chi connectivity index (χ1n) is 11.7. The molecule has 12 heteroatoms. The van der Waals surface area contributed by atoms with Gasteiger partial charge >= 0.3 is 18.2 Å². The first kappa shape index (κ1) is 26.5. The van der Waals surface area contributed by atoms with Crippen molar-refractivity contribution in [1.82, 2.24) is 15.1 Å². The zero-order chi connectivity index (χ0) is 25.5. The number of rotatable bonds is 11. The normalized spacial score (nSPS) is 15.3. The third-order valence-electron chi connectivity index (χ3n) is 5.98. The SMILES string of the molecule is CCN(CC)CCCNc1nnc(-c2ccc(NC(=O)C3(OC(=O)C(F)(F)F)CCCC3)cc2)o1. The molecule has 1 amide bonds. The third kappa shape index (κ3) is 6.93. The number of hydrogen-bond donors (Lipinski definition) is 2. The zero-order valence-electron chi connectivity index (χ0n) is 19.8. The molecule has 0 unspecified atom stereocenters. The Morgan fingerprint density at radius 2 is 1.77 bits per heavy atom. The summed E-state index contributed by atoms with van der Waals surface area (Å²) in [4.78, 5) is 26.4. The van der Waals surface area contributed by atoms with Gasteiger partial charge in [0.25, 0.3) is 5.91 Å². The Kier molecular flexibility index (Phi) is 8.71. The van der Waals surface area contributed by atoms with E-state index in [4.69, 9.17) is 4.42 Å². The molecule has 2 N–H and O–H groups in total. The van der Waals surface area contributed by atoms with Crippen molar-refractivity contribution in [3.63, 3.8) is 0 Å². The number of halogens is 3. The molecule has 35 heavy (non-hydrogen) atoms. The molecule has 2 aromatic rings. The molecule has 0 radical (unpaired) electrons. The fourth-order valence-electron chi connectivity index (χ4n) is 3.95. The summed E-state index contributed by atoms with van der Waals surface area (Å²) in [6.45, 7) is 7.88. The van der Waals surface area contributed by atoms with Crippen molar-refractivity contribution in [1.29, 1.82) is 0 Å². The van der Waals surface area contributed by atoms with Crippen molar-refractivity contribution in [3.05, 3.63) is 24.3 Å². The Labute approximate surface area is 201 Å². The minimum absolute atomic E-state index is 0.0332. The van der Waals surface area contributed by atoms with Crippen molar-refractivity contribution in [2.24, 2.45) is 0 Å². The second kappa shape index (κ2) is 11.5. The van der Waals surface area contributed by atoms with Gasteiger partial charge in [0.05, 0.1) is 0 Å². The number of carbonyl (C=O) groups is 2. The molecule has 1 heterocycles. The highest BCUT2D eigenvalue weighted by molar-refractivity contribution is 5.99. The van der Waals surface area contributed by atoms with E-state index in [-0.39, 0.29) is 18.7 Å². The van der Waals surface area contributed by atoms with E-state index in [0.717, 1.165) is 26.1 Å². The van der Waals surface area contributed by atoms with Crippen LogP contribution in [0.1, 0.15) is 46.0 Å². The van der Waals surface area contributed by atoms with Crippen molar-refractivity contribution < 1.29 is 31.9 Å². The molecule has 0 bridgehead atoms. The predicted octanol–water partition coefficient (Wildman–Crippen LogP) is 4.24. The standard InChI is InChI=1S/C23H30F3N5O4/c1-3-31(4-2)15-7-14-27-21-30-29-18(34-21)16-8-10-17(11-9-16)28-19(32)22(12-5-6-13-22)35-20(33)23(24,25)26/h8-11H,3-7,12-15H2,1-2H3,(H,27,30)(H,28,32). The van der Waals surface area contributed by atoms with Crippen LogP contribution in [0.5, 0.6) is 0 Å². The van der Waals surface area contributed by atoms with Crippen LogP contribution in [0.4, 0.5) is 24.9 Å². The van der Waals surface area contributed by atoms with Crippen molar-refractivity contribution >= 4 is 23.6 Å². The number of nitrogens with one attached hydrogen (secondary N) is 2. The smallest absolute Gasteiger partial charge is 0.442 e. The van der Waals surface area contributed by atoms with Gasteiger partial charge in [0.15, 0.2) is 5.60 Å². The van der Waals surface area contributed by atoms with E-state index in [0.29, 0.717) is 36.7 Å². The Hall–Kier alpha value is -3.15. The molecule has 0 aliphatic heterocycles. The third-order valence-corrected chi connectivity index (χ3v) is 5.98. The van der Waals surface area contributed by atoms with Crippen molar-refractivity contribution in [2.75, 3.05) is 36.8 Å². The average molecular weight is 498 g/mol. The highest BCUT2D eigenvalue weighted by Crippen LogP contribution is 2.36. The number of nitrogens with zero attached hydrogens (tertiary/aromatic N) is 3. The lowest BCUT2D eigenvalue weighted by molar-refractivity contribution is -0.213. The maximum Gasteiger partial charge on any atom is 0.490 e. The van der Waals surface area contributed by atoms with Crippen LogP contribution >= 0.6 is 0 Å². The van der Waals surface area contributed by atoms with Gasteiger partial charge in [-0.1, -0.05) is 18.9 Å². The molecular formula is C23H30F3N5O4. The van der Waals surface area contributed by atoms with E-state index in [1.165, 1.54) is 0 Å². The molecule has 1 aliphatic rings. The van der Waals surface area contributed by atoms with Crippen LogP contribution in [-0.2, 0) is 14.3 Å². The van der Waals surface area contributed by atoms with Crippen LogP contribution in [0.25, 0.3) is 11.5 Å². The maximum absolute atomic E-state index is 12.8. The van der Waals surface area contributed by atoms with Crippen molar-refractivity contribution in [2.45, 2.75) is 57.7 Å². The van der Waals surface area contributed by atoms with Gasteiger partial charge in [-0.25, -0.2) is 4.79 Å². The van der Waals surface area contributed by atoms with E-state index in [9.17, 15) is 22.8 Å². The van der Waals surface area contributed by atoms with Gasteiger partial charge in [-0.05, 0) is 76.0 Å². The molecule has 1 aliphatic carbocycles. The zero-order valence-corrected chi connectivity index (χ0v) is 19.8. The summed E-state index contributed by atoms with van der Waals surface area (Å²) in [7, 11) is 0. The molecule has 1 aromatic carbocycles. The van der Waals surface area contributed by atoms with Gasteiger partial charge < -0.3 is 24.7 Å². The second-order valence-electron chi connectivity index (χ2n) is 8.34. The van der Waals surface area contributed by atoms with Gasteiger partial charge in [0.1, 0.15) is 0 Å². The van der Waals surface area contributed by atoms with Crippen LogP contribution in [0.3, 0.4) is 0 Å². The Morgan fingerprint density at radius 3 is 2.37 bits per heavy atom. The summed E-state index contributed by atoms with van der Waals surface area (Å²) in [6, 6.07) is 6.69. The Bertz CT molecular complexity index is 984. The molecule has 9 nitrogen and oxygen atoms in total. The number of hydrogen-bond acceptors (Lipinski definition) is 8. The monoisotopic (exact) mass is 497 g/mol. The molecule has 0 saturated heterocycles. The largest absolute Gasteiger partial charge is 0.490 e. The van der Waals surface area contributed by atoms with Gasteiger partial charge in [-0.3, -0.25) is 4.79 Å². The lowest BCUT2D eigenvalue weighted by atomic mass is 10.0. The van der Waals surface area contributed by atoms with E-state index in [2.05, 4.69) is 44.3 Å². The number of aromatic nitrogens is 2. The molecule has 3 rings (SSSR count). The first-order valence-corrected chi connectivity index (χ1v) is 11.7. The summed E-state index contributed by atoms with van der Waals surface area (Å²) >= 11 is 0. The first-order chi connectivity index (χ1) is 16.7. The predicted molar refractivity (Wildman–Crippen MR) is 123 cm³/mol. The van der Waals surface area contributed by atoms with Gasteiger partial charge in [-0.15, -0.1) is 5.10 Å². The highest BCUT2D eigenvalue weighted by atomic mass is 19.4. The average Bonchev–Trinajstić information content (AvgIpc) is 3.50. The molecule has 1 aromatic heterocycles. The van der Waals surface area contributed by atoms with Gasteiger partial charge in [0, 0.05) is 17.8 Å². The van der Waals surface area contributed by atoms with Crippen LogP contribution < -0.4 is 10.6 Å². The van der Waals surface area contributed by atoms with Gasteiger partial charge in [0.2, 0.25) is 5.89 Å². The summed E-state index contributed by atoms with van der Waals surface area (Å²) < 4.78 is 48.3. The van der Waals surface area contributed by atoms with Crippen LogP contribution in [0.2, 0.25) is 0 Å². The summed E-state index contributed by atoms with van der Waals surface area (Å²) in [5.74, 6) is -2.87. The lowest BCUT2D eigenvalue weighted by Crippen LogP contribution is -2.47. The Balaban J connectivity index is 1.57. The fourth-order valence-corrected chi connectivity index (χ4v) is 3.95. The van der Waals surface area contributed by atoms with Crippen molar-refractivity contribution in [3.8, 4) is 11.5 Å². The number of ether oxygens (including phenoxy) is 1. The summed E-state index contributed by atoms with van der Waals surface area (Å²) in [6.07, 6.45) is -3.20. The van der Waals surface area contributed by atoms with E-state index >= 15 is 0 Å². The molecule has 192 valence electrons. The quantitative estimate of drug-likeness (QED) is 0.351. The molecule has 1 saturated carbocycles. The number of carbonyl (C=O) groups excluding carboxylic acids is 2. The van der Waals surface area contributed by atoms with E-state index < -0.39 is 23.7 Å². The number of amides is 1. The second-order valence-corrected chi connectivity index (χ2v) is 8.34. The molecular weight excluding hydrogens is 467 g/mol. The number of esters is 1. The lowest BCUT2D eigenvalue weighted by Gasteiger charge is -2.28. The number of alkyl halides is 3. The minimum atomic E-state index is -5.17. The molecule has 0 atom stereocenters. The van der Waals surface area contributed by atoms with Crippen LogP contribution in [0.15, 0.2) is 28.7 Å². The topological polar surface area (TPSA) is 110 Å². The van der Waals surface area contributed by atoms with Crippen LogP contribution in [0, 0.1) is 0 Å². The summed E-state index contributed by atoms with van der Waals surface area (Å²) in [5, 5.41) is 13.6. The summed E-state index contributed by atoms with van der Waals surface area (Å²) in [5.41, 5.74) is -0.892. The van der Waals surface area contributed by atoms with E-state index in [1.54, 1.807) is 24.3 Å². The van der Waals surface area contributed by atoms with Gasteiger partial charge in [-0.2, -0.15) is 13.2 Å². The van der Waals surface area contributed by atoms with Crippen LogP contribution in [-0.4, -0.2) is 64.9 Å². The fraction of sp³-hybridized carbons (Fsp3) is 0.565. The minimum Gasteiger partial charge on any atom is -0.442 e. The number of benzene rings is 1. The maximum atomic E-state index is 12.8.